The monoisotopic (exact) mass is 349 g/mol. The van der Waals surface area contributed by atoms with E-state index in [1.54, 1.807) is 35.2 Å². The van der Waals surface area contributed by atoms with Gasteiger partial charge in [0.1, 0.15) is 5.56 Å². The smallest absolute Gasteiger partial charge is 0.343 e. The third-order valence-corrected chi connectivity index (χ3v) is 3.21. The lowest BCUT2D eigenvalue weighted by Crippen LogP contribution is -2.40. The average Bonchev–Trinajstić information content (AvgIpc) is 2.46. The highest BCUT2D eigenvalue weighted by Crippen LogP contribution is 2.15. The predicted octanol–water partition coefficient (Wildman–Crippen LogP) is 2.16. The molecule has 0 aliphatic carbocycles. The predicted molar refractivity (Wildman–Crippen MR) is 80.7 cm³/mol. The summed E-state index contributed by atoms with van der Waals surface area (Å²) >= 11 is 3.34. The molecule has 1 amide bonds. The number of amides is 1. The van der Waals surface area contributed by atoms with Gasteiger partial charge in [0.2, 0.25) is 6.54 Å². The van der Waals surface area contributed by atoms with Crippen LogP contribution in [0.1, 0.15) is 10.4 Å². The number of methoxy groups -OCH3 is 1. The standard InChI is InChI=1S/C15H13BrN2O3/c1-21-15(20)11-4-3-7-18(9-11)10-14(19)17-13-6-2-5-12(16)8-13/h2-9H,10H2,1H3/p+1. The van der Waals surface area contributed by atoms with Gasteiger partial charge in [0.25, 0.3) is 5.91 Å². The summed E-state index contributed by atoms with van der Waals surface area (Å²) in [5.41, 5.74) is 1.11. The van der Waals surface area contributed by atoms with Gasteiger partial charge in [-0.15, -0.1) is 0 Å². The van der Waals surface area contributed by atoms with Crippen molar-refractivity contribution in [2.75, 3.05) is 12.4 Å². The minimum absolute atomic E-state index is 0.108. The molecule has 0 aliphatic rings. The number of hydrogen-bond donors (Lipinski definition) is 1. The lowest BCUT2D eigenvalue weighted by atomic mass is 10.3. The average molecular weight is 350 g/mol. The first-order chi connectivity index (χ1) is 10.1. The van der Waals surface area contributed by atoms with Gasteiger partial charge in [-0.05, 0) is 24.3 Å². The van der Waals surface area contributed by atoms with Gasteiger partial charge in [-0.25, -0.2) is 4.79 Å². The minimum atomic E-state index is -0.434. The molecule has 1 heterocycles. The summed E-state index contributed by atoms with van der Waals surface area (Å²) in [6.45, 7) is 0.108. The van der Waals surface area contributed by atoms with Crippen molar-refractivity contribution in [3.05, 3.63) is 58.8 Å². The number of pyridine rings is 1. The summed E-state index contributed by atoms with van der Waals surface area (Å²) in [4.78, 5) is 23.4. The van der Waals surface area contributed by atoms with E-state index >= 15 is 0 Å². The Labute approximate surface area is 130 Å². The van der Waals surface area contributed by atoms with Crippen LogP contribution in [-0.4, -0.2) is 19.0 Å². The van der Waals surface area contributed by atoms with Gasteiger partial charge in [0.15, 0.2) is 12.4 Å². The highest BCUT2D eigenvalue weighted by Gasteiger charge is 2.14. The topological polar surface area (TPSA) is 59.3 Å². The molecule has 108 valence electrons. The molecule has 6 heteroatoms. The van der Waals surface area contributed by atoms with Crippen molar-refractivity contribution in [1.82, 2.24) is 0 Å². The lowest BCUT2D eigenvalue weighted by Gasteiger charge is -2.04. The number of halogens is 1. The minimum Gasteiger partial charge on any atom is -0.465 e. The Bertz CT molecular complexity index is 673. The second kappa shape index (κ2) is 6.99. The van der Waals surface area contributed by atoms with Crippen LogP contribution in [0.3, 0.4) is 0 Å². The normalized spacial score (nSPS) is 10.0. The molecule has 0 radical (unpaired) electrons. The summed E-state index contributed by atoms with van der Waals surface area (Å²) in [5.74, 6) is -0.614. The number of esters is 1. The Morgan fingerprint density at radius 3 is 2.81 bits per heavy atom. The fourth-order valence-corrected chi connectivity index (χ4v) is 2.19. The molecule has 0 aliphatic heterocycles. The number of aromatic nitrogens is 1. The highest BCUT2D eigenvalue weighted by molar-refractivity contribution is 9.10. The van der Waals surface area contributed by atoms with Crippen LogP contribution < -0.4 is 9.88 Å². The zero-order valence-electron chi connectivity index (χ0n) is 11.4. The summed E-state index contributed by atoms with van der Waals surface area (Å²) in [7, 11) is 1.32. The molecule has 0 bridgehead atoms. The van der Waals surface area contributed by atoms with Gasteiger partial charge in [0, 0.05) is 16.2 Å². The van der Waals surface area contributed by atoms with E-state index in [1.807, 2.05) is 18.2 Å². The van der Waals surface area contributed by atoms with Crippen LogP contribution in [0.4, 0.5) is 5.69 Å². The van der Waals surface area contributed by atoms with Crippen molar-refractivity contribution in [3.8, 4) is 0 Å². The molecule has 0 unspecified atom stereocenters. The number of carbonyl (C=O) groups is 2. The number of nitrogens with one attached hydrogen (secondary N) is 1. The van der Waals surface area contributed by atoms with Crippen LogP contribution in [0.25, 0.3) is 0 Å². The van der Waals surface area contributed by atoms with Crippen LogP contribution in [0.5, 0.6) is 0 Å². The third kappa shape index (κ3) is 4.39. The maximum absolute atomic E-state index is 12.0. The van der Waals surface area contributed by atoms with E-state index < -0.39 is 5.97 Å². The molecule has 1 N–H and O–H groups in total. The fraction of sp³-hybridized carbons (Fsp3) is 0.133. The molecule has 2 aromatic rings. The van der Waals surface area contributed by atoms with E-state index in [0.29, 0.717) is 11.3 Å². The van der Waals surface area contributed by atoms with Crippen LogP contribution in [0.15, 0.2) is 53.3 Å². The maximum atomic E-state index is 12.0. The van der Waals surface area contributed by atoms with Crippen LogP contribution in [0, 0.1) is 0 Å². The molecule has 2 rings (SSSR count). The van der Waals surface area contributed by atoms with Crippen molar-refractivity contribution < 1.29 is 18.9 Å². The maximum Gasteiger partial charge on any atom is 0.343 e. The first kappa shape index (κ1) is 15.2. The second-order valence-electron chi connectivity index (χ2n) is 4.32. The molecule has 5 nitrogen and oxygen atoms in total. The Hall–Kier alpha value is -2.21. The molecule has 1 aromatic heterocycles. The number of anilines is 1. The number of rotatable bonds is 4. The van der Waals surface area contributed by atoms with Crippen molar-refractivity contribution in [2.24, 2.45) is 0 Å². The van der Waals surface area contributed by atoms with E-state index in [1.165, 1.54) is 7.11 Å². The lowest BCUT2D eigenvalue weighted by molar-refractivity contribution is -0.684. The summed E-state index contributed by atoms with van der Waals surface area (Å²) in [6, 6.07) is 10.7. The summed E-state index contributed by atoms with van der Waals surface area (Å²) in [5, 5.41) is 2.79. The van der Waals surface area contributed by atoms with Gasteiger partial charge in [-0.1, -0.05) is 22.0 Å². The van der Waals surface area contributed by atoms with Crippen molar-refractivity contribution >= 4 is 33.5 Å². The number of hydrogen-bond acceptors (Lipinski definition) is 3. The van der Waals surface area contributed by atoms with E-state index in [-0.39, 0.29) is 12.5 Å². The van der Waals surface area contributed by atoms with Gasteiger partial charge >= 0.3 is 5.97 Å². The Balaban J connectivity index is 2.04. The zero-order chi connectivity index (χ0) is 15.2. The molecule has 1 aromatic carbocycles. The van der Waals surface area contributed by atoms with Crippen molar-refractivity contribution in [2.45, 2.75) is 6.54 Å². The molecule has 0 fully saturated rings. The van der Waals surface area contributed by atoms with E-state index in [4.69, 9.17) is 0 Å². The van der Waals surface area contributed by atoms with Crippen molar-refractivity contribution in [3.63, 3.8) is 0 Å². The molecular weight excluding hydrogens is 336 g/mol. The molecule has 0 atom stereocenters. The van der Waals surface area contributed by atoms with Crippen LogP contribution in [-0.2, 0) is 16.1 Å². The zero-order valence-corrected chi connectivity index (χ0v) is 13.0. The molecular formula is C15H14BrN2O3+. The fourth-order valence-electron chi connectivity index (χ4n) is 1.79. The first-order valence-corrected chi connectivity index (χ1v) is 7.00. The Kier molecular flexibility index (Phi) is 5.05. The number of ether oxygens (including phenoxy) is 1. The van der Waals surface area contributed by atoms with E-state index in [9.17, 15) is 9.59 Å². The summed E-state index contributed by atoms with van der Waals surface area (Å²) < 4.78 is 7.16. The van der Waals surface area contributed by atoms with Gasteiger partial charge < -0.3 is 10.1 Å². The molecule has 0 spiro atoms. The Morgan fingerprint density at radius 1 is 1.29 bits per heavy atom. The Morgan fingerprint density at radius 2 is 2.10 bits per heavy atom. The van der Waals surface area contributed by atoms with Crippen molar-refractivity contribution in [1.29, 1.82) is 0 Å². The largest absolute Gasteiger partial charge is 0.465 e. The highest BCUT2D eigenvalue weighted by atomic mass is 79.9. The number of nitrogens with zero attached hydrogens (tertiary/aromatic N) is 1. The quantitative estimate of drug-likeness (QED) is 0.679. The van der Waals surface area contributed by atoms with Crippen LogP contribution >= 0.6 is 15.9 Å². The SMILES string of the molecule is COC(=O)c1ccc[n+](CC(=O)Nc2cccc(Br)c2)c1. The summed E-state index contributed by atoms with van der Waals surface area (Å²) in [6.07, 6.45) is 3.29. The number of carbonyl (C=O) groups excluding carboxylic acids is 2. The number of benzene rings is 1. The van der Waals surface area contributed by atoms with Gasteiger partial charge in [-0.3, -0.25) is 4.79 Å². The first-order valence-electron chi connectivity index (χ1n) is 6.21. The van der Waals surface area contributed by atoms with E-state index in [0.717, 1.165) is 4.47 Å². The molecule has 0 saturated heterocycles. The van der Waals surface area contributed by atoms with E-state index in [2.05, 4.69) is 26.0 Å². The van der Waals surface area contributed by atoms with Gasteiger partial charge in [-0.2, -0.15) is 4.57 Å². The van der Waals surface area contributed by atoms with Crippen LogP contribution in [0.2, 0.25) is 0 Å². The second-order valence-corrected chi connectivity index (χ2v) is 5.23. The van der Waals surface area contributed by atoms with Gasteiger partial charge in [0.05, 0.1) is 7.11 Å². The molecule has 0 saturated carbocycles. The third-order valence-electron chi connectivity index (χ3n) is 2.71. The molecule has 21 heavy (non-hydrogen) atoms.